The first-order valence-corrected chi connectivity index (χ1v) is 9.56. The molecule has 8 nitrogen and oxygen atoms in total. The molecular formula is C20H25N3O5. The molecule has 3 rings (SSSR count). The van der Waals surface area contributed by atoms with Gasteiger partial charge in [-0.25, -0.2) is 0 Å². The molecule has 0 saturated heterocycles. The van der Waals surface area contributed by atoms with E-state index in [0.29, 0.717) is 31.0 Å². The molecule has 0 radical (unpaired) electrons. The Bertz CT molecular complexity index is 802. The average Bonchev–Trinajstić information content (AvgIpc) is 3.05. The van der Waals surface area contributed by atoms with Crippen molar-refractivity contribution in [3.8, 4) is 17.1 Å². The number of aliphatic carboxylic acids is 1. The Morgan fingerprint density at radius 2 is 1.96 bits per heavy atom. The first kappa shape index (κ1) is 19.9. The molecule has 1 aliphatic carbocycles. The molecule has 1 aromatic heterocycles. The molecule has 1 heterocycles. The zero-order valence-corrected chi connectivity index (χ0v) is 15.9. The fraction of sp³-hybridized carbons (Fsp3) is 0.500. The SMILES string of the molecule is COc1ccc(-c2noc(CCC(=O)N[C@H]3CCCCC[C@H]3C(=O)O)n2)cc1. The summed E-state index contributed by atoms with van der Waals surface area (Å²) in [4.78, 5) is 28.1. The molecule has 1 aliphatic rings. The minimum atomic E-state index is -0.840. The highest BCUT2D eigenvalue weighted by atomic mass is 16.5. The van der Waals surface area contributed by atoms with Crippen LogP contribution in [0.5, 0.6) is 5.75 Å². The summed E-state index contributed by atoms with van der Waals surface area (Å²) in [7, 11) is 1.60. The summed E-state index contributed by atoms with van der Waals surface area (Å²) in [6.45, 7) is 0. The van der Waals surface area contributed by atoms with Gasteiger partial charge in [-0.15, -0.1) is 0 Å². The van der Waals surface area contributed by atoms with E-state index in [1.807, 2.05) is 24.3 Å². The summed E-state index contributed by atoms with van der Waals surface area (Å²) >= 11 is 0. The van der Waals surface area contributed by atoms with Gasteiger partial charge < -0.3 is 19.7 Å². The van der Waals surface area contributed by atoms with E-state index < -0.39 is 11.9 Å². The number of hydrogen-bond acceptors (Lipinski definition) is 6. The van der Waals surface area contributed by atoms with Gasteiger partial charge in [0, 0.05) is 24.4 Å². The number of nitrogens with zero attached hydrogens (tertiary/aromatic N) is 2. The number of hydrogen-bond donors (Lipinski definition) is 2. The second-order valence-electron chi connectivity index (χ2n) is 7.00. The van der Waals surface area contributed by atoms with E-state index in [-0.39, 0.29) is 18.4 Å². The van der Waals surface area contributed by atoms with E-state index >= 15 is 0 Å². The molecule has 1 saturated carbocycles. The summed E-state index contributed by atoms with van der Waals surface area (Å²) in [5.41, 5.74) is 0.794. The standard InChI is InChI=1S/C20H25N3O5/c1-27-14-9-7-13(8-10-14)19-22-18(28-23-19)12-11-17(24)21-16-6-4-2-3-5-15(16)20(25)26/h7-10,15-16H,2-6,11-12H2,1H3,(H,21,24)(H,25,26)/t15-,16+/m1/s1. The van der Waals surface area contributed by atoms with E-state index in [1.54, 1.807) is 7.11 Å². The molecule has 2 atom stereocenters. The van der Waals surface area contributed by atoms with E-state index in [4.69, 9.17) is 9.26 Å². The van der Waals surface area contributed by atoms with Crippen LogP contribution in [-0.4, -0.2) is 40.3 Å². The van der Waals surface area contributed by atoms with Crippen LogP contribution < -0.4 is 10.1 Å². The van der Waals surface area contributed by atoms with Crippen molar-refractivity contribution in [3.63, 3.8) is 0 Å². The Morgan fingerprint density at radius 1 is 1.21 bits per heavy atom. The van der Waals surface area contributed by atoms with Gasteiger partial charge in [-0.2, -0.15) is 4.98 Å². The van der Waals surface area contributed by atoms with Crippen LogP contribution in [0.2, 0.25) is 0 Å². The van der Waals surface area contributed by atoms with Crippen molar-refractivity contribution in [2.75, 3.05) is 7.11 Å². The molecule has 2 N–H and O–H groups in total. The van der Waals surface area contributed by atoms with E-state index in [0.717, 1.165) is 30.6 Å². The number of carbonyl (C=O) groups excluding carboxylic acids is 1. The van der Waals surface area contributed by atoms with Crippen molar-refractivity contribution in [2.24, 2.45) is 5.92 Å². The molecule has 0 spiro atoms. The molecule has 2 aromatic rings. The van der Waals surface area contributed by atoms with Crippen LogP contribution in [0.3, 0.4) is 0 Å². The van der Waals surface area contributed by atoms with Crippen LogP contribution >= 0.6 is 0 Å². The van der Waals surface area contributed by atoms with Gasteiger partial charge in [-0.1, -0.05) is 24.4 Å². The summed E-state index contributed by atoms with van der Waals surface area (Å²) in [6.07, 6.45) is 4.61. The topological polar surface area (TPSA) is 115 Å². The minimum absolute atomic E-state index is 0.174. The third kappa shape index (κ3) is 5.09. The smallest absolute Gasteiger partial charge is 0.308 e. The zero-order valence-electron chi connectivity index (χ0n) is 15.9. The number of methoxy groups -OCH3 is 1. The molecule has 150 valence electrons. The van der Waals surface area contributed by atoms with Crippen LogP contribution in [0.4, 0.5) is 0 Å². The van der Waals surface area contributed by atoms with Gasteiger partial charge in [-0.3, -0.25) is 9.59 Å². The number of aryl methyl sites for hydroxylation is 1. The summed E-state index contributed by atoms with van der Waals surface area (Å²) in [5, 5.41) is 16.2. The number of ether oxygens (including phenoxy) is 1. The van der Waals surface area contributed by atoms with Crippen LogP contribution in [0.1, 0.15) is 44.4 Å². The normalized spacial score (nSPS) is 19.6. The molecule has 1 amide bonds. The third-order valence-corrected chi connectivity index (χ3v) is 5.06. The quantitative estimate of drug-likeness (QED) is 0.702. The van der Waals surface area contributed by atoms with Crippen molar-refractivity contribution in [2.45, 2.75) is 51.0 Å². The lowest BCUT2D eigenvalue weighted by Crippen LogP contribution is -2.42. The van der Waals surface area contributed by atoms with Crippen molar-refractivity contribution >= 4 is 11.9 Å². The van der Waals surface area contributed by atoms with Gasteiger partial charge >= 0.3 is 5.97 Å². The molecule has 0 unspecified atom stereocenters. The molecule has 28 heavy (non-hydrogen) atoms. The Labute approximate surface area is 163 Å². The number of carboxylic acid groups (broad SMARTS) is 1. The fourth-order valence-corrected chi connectivity index (χ4v) is 3.49. The lowest BCUT2D eigenvalue weighted by atomic mass is 9.94. The minimum Gasteiger partial charge on any atom is -0.497 e. The van der Waals surface area contributed by atoms with Gasteiger partial charge in [0.1, 0.15) is 5.75 Å². The van der Waals surface area contributed by atoms with Crippen molar-refractivity contribution in [3.05, 3.63) is 30.2 Å². The third-order valence-electron chi connectivity index (χ3n) is 5.06. The van der Waals surface area contributed by atoms with E-state index in [9.17, 15) is 14.7 Å². The Kier molecular flexibility index (Phi) is 6.62. The number of aromatic nitrogens is 2. The summed E-state index contributed by atoms with van der Waals surface area (Å²) in [6, 6.07) is 6.97. The number of nitrogens with one attached hydrogen (secondary N) is 1. The molecular weight excluding hydrogens is 362 g/mol. The van der Waals surface area contributed by atoms with Crippen LogP contribution in [-0.2, 0) is 16.0 Å². The number of benzene rings is 1. The van der Waals surface area contributed by atoms with Gasteiger partial charge in [0.05, 0.1) is 13.0 Å². The number of carboxylic acids is 1. The molecule has 1 fully saturated rings. The number of carbonyl (C=O) groups is 2. The van der Waals surface area contributed by atoms with E-state index in [2.05, 4.69) is 15.5 Å². The largest absolute Gasteiger partial charge is 0.497 e. The second-order valence-corrected chi connectivity index (χ2v) is 7.00. The van der Waals surface area contributed by atoms with Crippen molar-refractivity contribution in [1.82, 2.24) is 15.5 Å². The second kappa shape index (κ2) is 9.34. The van der Waals surface area contributed by atoms with Crippen molar-refractivity contribution < 1.29 is 24.0 Å². The van der Waals surface area contributed by atoms with E-state index in [1.165, 1.54) is 0 Å². The van der Waals surface area contributed by atoms with Crippen LogP contribution in [0, 0.1) is 5.92 Å². The number of amides is 1. The monoisotopic (exact) mass is 387 g/mol. The maximum atomic E-state index is 12.3. The van der Waals surface area contributed by atoms with Gasteiger partial charge in [0.2, 0.25) is 17.6 Å². The Morgan fingerprint density at radius 3 is 2.68 bits per heavy atom. The summed E-state index contributed by atoms with van der Waals surface area (Å²) < 4.78 is 10.4. The molecule has 8 heteroatoms. The zero-order chi connectivity index (χ0) is 19.9. The lowest BCUT2D eigenvalue weighted by molar-refractivity contribution is -0.143. The van der Waals surface area contributed by atoms with Gasteiger partial charge in [0.15, 0.2) is 0 Å². The number of rotatable bonds is 7. The highest BCUT2D eigenvalue weighted by Gasteiger charge is 2.30. The van der Waals surface area contributed by atoms with Gasteiger partial charge in [-0.05, 0) is 37.1 Å². The molecule has 0 bridgehead atoms. The van der Waals surface area contributed by atoms with Crippen LogP contribution in [0.25, 0.3) is 11.4 Å². The van der Waals surface area contributed by atoms with Crippen molar-refractivity contribution in [1.29, 1.82) is 0 Å². The highest BCUT2D eigenvalue weighted by Crippen LogP contribution is 2.24. The van der Waals surface area contributed by atoms with Gasteiger partial charge in [0.25, 0.3) is 0 Å². The average molecular weight is 387 g/mol. The maximum absolute atomic E-state index is 12.3. The van der Waals surface area contributed by atoms with Crippen LogP contribution in [0.15, 0.2) is 28.8 Å². The predicted octanol–water partition coefficient (Wildman–Crippen LogP) is 2.83. The lowest BCUT2D eigenvalue weighted by Gasteiger charge is -2.22. The predicted molar refractivity (Wildman–Crippen MR) is 101 cm³/mol. The summed E-state index contributed by atoms with van der Waals surface area (Å²) in [5.74, 6) is 0.0128. The first-order valence-electron chi connectivity index (χ1n) is 9.56. The highest BCUT2D eigenvalue weighted by molar-refractivity contribution is 5.78. The Hall–Kier alpha value is -2.90. The molecule has 0 aliphatic heterocycles. The molecule has 1 aromatic carbocycles. The Balaban J connectivity index is 1.54. The maximum Gasteiger partial charge on any atom is 0.308 e. The first-order chi connectivity index (χ1) is 13.6. The fourth-order valence-electron chi connectivity index (χ4n) is 3.49.